The number of aliphatic hydroxyl groups is 1. The van der Waals surface area contributed by atoms with Crippen molar-refractivity contribution >= 4 is 22.4 Å². The van der Waals surface area contributed by atoms with Gasteiger partial charge >= 0.3 is 7.12 Å². The van der Waals surface area contributed by atoms with Gasteiger partial charge in [0, 0.05) is 11.8 Å². The van der Waals surface area contributed by atoms with E-state index in [1.165, 1.54) is 6.07 Å². The Bertz CT molecular complexity index is 683. The van der Waals surface area contributed by atoms with Gasteiger partial charge in [0.15, 0.2) is 9.84 Å². The van der Waals surface area contributed by atoms with E-state index in [0.29, 0.717) is 0 Å². The van der Waals surface area contributed by atoms with Gasteiger partial charge in [0.2, 0.25) is 0 Å². The van der Waals surface area contributed by atoms with E-state index in [2.05, 4.69) is 0 Å². The number of hydrogen-bond acceptors (Lipinski definition) is 5. The summed E-state index contributed by atoms with van der Waals surface area (Å²) < 4.78 is 49.4. The van der Waals surface area contributed by atoms with Crippen LogP contribution in [0, 0.1) is 5.82 Å². The predicted octanol–water partition coefficient (Wildman–Crippen LogP) is 1.02. The Labute approximate surface area is 130 Å². The zero-order valence-corrected chi connectivity index (χ0v) is 14.1. The molecule has 0 amide bonds. The normalized spacial score (nSPS) is 20.4. The maximum absolute atomic E-state index is 14.1. The van der Waals surface area contributed by atoms with Gasteiger partial charge in [-0.25, -0.2) is 12.8 Å². The summed E-state index contributed by atoms with van der Waals surface area (Å²) in [7, 11) is -4.56. The molecule has 22 heavy (non-hydrogen) atoms. The fourth-order valence-electron chi connectivity index (χ4n) is 2.23. The van der Waals surface area contributed by atoms with Crippen LogP contribution in [0.1, 0.15) is 33.3 Å². The zero-order valence-electron chi connectivity index (χ0n) is 13.3. The molecule has 0 atom stereocenters. The third-order valence-electron chi connectivity index (χ3n) is 4.26. The van der Waals surface area contributed by atoms with Crippen LogP contribution >= 0.6 is 0 Å². The lowest BCUT2D eigenvalue weighted by Gasteiger charge is -2.32. The molecule has 1 aromatic carbocycles. The van der Waals surface area contributed by atoms with Crippen molar-refractivity contribution in [1.82, 2.24) is 0 Å². The number of halogens is 1. The second kappa shape index (κ2) is 5.30. The van der Waals surface area contributed by atoms with Crippen LogP contribution in [0.25, 0.3) is 0 Å². The smallest absolute Gasteiger partial charge is 0.399 e. The molecule has 8 heteroatoms. The quantitative estimate of drug-likeness (QED) is 0.838. The SMILES string of the molecule is CC1(C)OB(c2cc(F)c(CO)c(S(C)(=O)=O)c2)OC1(C)C. The Morgan fingerprint density at radius 3 is 2.09 bits per heavy atom. The molecule has 1 heterocycles. The van der Waals surface area contributed by atoms with E-state index >= 15 is 0 Å². The van der Waals surface area contributed by atoms with Gasteiger partial charge in [-0.15, -0.1) is 0 Å². The Balaban J connectivity index is 2.54. The van der Waals surface area contributed by atoms with E-state index in [1.54, 1.807) is 0 Å². The molecule has 1 aromatic rings. The van der Waals surface area contributed by atoms with Gasteiger partial charge < -0.3 is 14.4 Å². The van der Waals surface area contributed by atoms with Gasteiger partial charge in [-0.2, -0.15) is 0 Å². The molecular formula is C14H20BFO5S. The average Bonchev–Trinajstić information content (AvgIpc) is 2.56. The van der Waals surface area contributed by atoms with E-state index in [-0.39, 0.29) is 15.9 Å². The molecule has 0 aromatic heterocycles. The standard InChI is InChI=1S/C14H20BFO5S/c1-13(2)14(3,4)21-15(20-13)9-6-11(16)10(8-17)12(7-9)22(5,18)19/h6-7,17H,8H2,1-5H3. The summed E-state index contributed by atoms with van der Waals surface area (Å²) in [5, 5.41) is 9.22. The molecule has 1 saturated heterocycles. The van der Waals surface area contributed by atoms with Gasteiger partial charge in [-0.3, -0.25) is 0 Å². The van der Waals surface area contributed by atoms with E-state index in [0.717, 1.165) is 12.3 Å². The first-order valence-electron chi connectivity index (χ1n) is 6.88. The lowest BCUT2D eigenvalue weighted by atomic mass is 9.78. The first-order chi connectivity index (χ1) is 9.89. The second-order valence-electron chi connectivity index (χ2n) is 6.50. The molecule has 0 spiro atoms. The third-order valence-corrected chi connectivity index (χ3v) is 5.42. The highest BCUT2D eigenvalue weighted by molar-refractivity contribution is 7.90. The van der Waals surface area contributed by atoms with Crippen molar-refractivity contribution in [3.63, 3.8) is 0 Å². The van der Waals surface area contributed by atoms with Crippen LogP contribution in [0.5, 0.6) is 0 Å². The van der Waals surface area contributed by atoms with Crippen molar-refractivity contribution in [3.05, 3.63) is 23.5 Å². The van der Waals surface area contributed by atoms with E-state index in [9.17, 15) is 17.9 Å². The zero-order chi connectivity index (χ0) is 16.9. The molecule has 0 saturated carbocycles. The second-order valence-corrected chi connectivity index (χ2v) is 8.48. The molecule has 1 aliphatic heterocycles. The summed E-state index contributed by atoms with van der Waals surface area (Å²) in [6.45, 7) is 6.70. The predicted molar refractivity (Wildman–Crippen MR) is 81.1 cm³/mol. The summed E-state index contributed by atoms with van der Waals surface area (Å²) in [6.07, 6.45) is 0.967. The van der Waals surface area contributed by atoms with E-state index < -0.39 is 40.6 Å². The molecule has 0 bridgehead atoms. The first kappa shape index (κ1) is 17.4. The minimum absolute atomic E-state index is 0.247. The molecule has 0 unspecified atom stereocenters. The molecule has 0 radical (unpaired) electrons. The van der Waals surface area contributed by atoms with Crippen molar-refractivity contribution < 1.29 is 27.2 Å². The van der Waals surface area contributed by atoms with Crippen LogP contribution in [0.2, 0.25) is 0 Å². The highest BCUT2D eigenvalue weighted by atomic mass is 32.2. The number of sulfone groups is 1. The Hall–Kier alpha value is -0.955. The van der Waals surface area contributed by atoms with Gasteiger partial charge in [0.25, 0.3) is 0 Å². The molecule has 5 nitrogen and oxygen atoms in total. The van der Waals surface area contributed by atoms with Gasteiger partial charge in [-0.1, -0.05) is 0 Å². The van der Waals surface area contributed by atoms with Crippen molar-refractivity contribution in [2.24, 2.45) is 0 Å². The Kier molecular flexibility index (Phi) is 4.19. The lowest BCUT2D eigenvalue weighted by molar-refractivity contribution is 0.00578. The first-order valence-corrected chi connectivity index (χ1v) is 8.77. The van der Waals surface area contributed by atoms with Gasteiger partial charge in [0.1, 0.15) is 5.82 Å². The molecule has 122 valence electrons. The number of benzene rings is 1. The van der Waals surface area contributed by atoms with Crippen LogP contribution < -0.4 is 5.46 Å². The van der Waals surface area contributed by atoms with E-state index in [1.807, 2.05) is 27.7 Å². The third kappa shape index (κ3) is 2.93. The maximum atomic E-state index is 14.1. The summed E-state index contributed by atoms with van der Waals surface area (Å²) in [4.78, 5) is -0.250. The Morgan fingerprint density at radius 1 is 1.18 bits per heavy atom. The van der Waals surface area contributed by atoms with Crippen molar-refractivity contribution in [2.45, 2.75) is 50.4 Å². The van der Waals surface area contributed by atoms with Crippen LogP contribution in [0.15, 0.2) is 17.0 Å². The monoisotopic (exact) mass is 330 g/mol. The summed E-state index contributed by atoms with van der Waals surface area (Å²) in [5.41, 5.74) is -1.21. The van der Waals surface area contributed by atoms with Crippen molar-refractivity contribution in [3.8, 4) is 0 Å². The van der Waals surface area contributed by atoms with Gasteiger partial charge in [-0.05, 0) is 45.3 Å². The molecule has 1 fully saturated rings. The van der Waals surface area contributed by atoms with Gasteiger partial charge in [0.05, 0.1) is 22.7 Å². The molecule has 1 N–H and O–H groups in total. The fourth-order valence-corrected chi connectivity index (χ4v) is 3.19. The highest BCUT2D eigenvalue weighted by Gasteiger charge is 2.52. The molecular weight excluding hydrogens is 310 g/mol. The van der Waals surface area contributed by atoms with E-state index in [4.69, 9.17) is 9.31 Å². The average molecular weight is 330 g/mol. The lowest BCUT2D eigenvalue weighted by Crippen LogP contribution is -2.41. The Morgan fingerprint density at radius 2 is 1.68 bits per heavy atom. The summed E-state index contributed by atoms with van der Waals surface area (Å²) >= 11 is 0. The minimum atomic E-state index is -3.69. The largest absolute Gasteiger partial charge is 0.494 e. The van der Waals surface area contributed by atoms with Crippen LogP contribution in [0.4, 0.5) is 4.39 Å². The molecule has 0 aliphatic carbocycles. The maximum Gasteiger partial charge on any atom is 0.494 e. The number of rotatable bonds is 3. The number of aliphatic hydroxyl groups excluding tert-OH is 1. The number of hydrogen-bond donors (Lipinski definition) is 1. The summed E-state index contributed by atoms with van der Waals surface area (Å²) in [5.74, 6) is -0.796. The van der Waals surface area contributed by atoms with Crippen LogP contribution in [-0.4, -0.2) is 38.1 Å². The minimum Gasteiger partial charge on any atom is -0.399 e. The topological polar surface area (TPSA) is 72.8 Å². The van der Waals surface area contributed by atoms with Crippen molar-refractivity contribution in [1.29, 1.82) is 0 Å². The van der Waals surface area contributed by atoms with Crippen molar-refractivity contribution in [2.75, 3.05) is 6.26 Å². The summed E-state index contributed by atoms with van der Waals surface area (Å²) in [6, 6.07) is 2.44. The van der Waals surface area contributed by atoms with Crippen LogP contribution in [0.3, 0.4) is 0 Å². The molecule has 1 aliphatic rings. The van der Waals surface area contributed by atoms with Crippen LogP contribution in [-0.2, 0) is 25.8 Å². The molecule has 2 rings (SSSR count). The fraction of sp³-hybridized carbons (Fsp3) is 0.571. The highest BCUT2D eigenvalue weighted by Crippen LogP contribution is 2.36.